The summed E-state index contributed by atoms with van der Waals surface area (Å²) in [4.78, 5) is 0. The number of aromatic nitrogens is 4. The van der Waals surface area contributed by atoms with E-state index >= 15 is 0 Å². The second kappa shape index (κ2) is 10.1. The molecule has 10 heteroatoms. The van der Waals surface area contributed by atoms with Gasteiger partial charge in [0.05, 0.1) is 17.2 Å². The average Bonchev–Trinajstić information content (AvgIpc) is 3.15. The van der Waals surface area contributed by atoms with Gasteiger partial charge in [-0.15, -0.1) is 0 Å². The molecule has 0 aliphatic carbocycles. The summed E-state index contributed by atoms with van der Waals surface area (Å²) in [6.45, 7) is 3.55. The maximum atomic E-state index is 6.11. The lowest BCUT2D eigenvalue weighted by Gasteiger charge is -2.17. The fourth-order valence-corrected chi connectivity index (χ4v) is 3.49. The molecule has 3 rings (SSSR count). The van der Waals surface area contributed by atoms with E-state index in [4.69, 9.17) is 32.7 Å². The van der Waals surface area contributed by atoms with Crippen LogP contribution in [-0.2, 0) is 19.7 Å². The maximum absolute atomic E-state index is 6.11. The van der Waals surface area contributed by atoms with Crippen LogP contribution in [0.15, 0.2) is 34.8 Å². The molecular formula is C19H20BrCl2N5O2. The summed E-state index contributed by atoms with van der Waals surface area (Å²) in [5, 5.41) is 16.0. The van der Waals surface area contributed by atoms with Gasteiger partial charge in [0.2, 0.25) is 5.95 Å². The fraction of sp³-hybridized carbons (Fsp3) is 0.316. The molecule has 29 heavy (non-hydrogen) atoms. The Morgan fingerprint density at radius 2 is 2.00 bits per heavy atom. The van der Waals surface area contributed by atoms with Gasteiger partial charge in [-0.3, -0.25) is 0 Å². The Morgan fingerprint density at radius 1 is 1.17 bits per heavy atom. The minimum absolute atomic E-state index is 0.310. The van der Waals surface area contributed by atoms with E-state index in [0.29, 0.717) is 40.6 Å². The number of nitrogens with zero attached hydrogens (tertiary/aromatic N) is 4. The summed E-state index contributed by atoms with van der Waals surface area (Å²) in [6, 6.07) is 9.16. The highest BCUT2D eigenvalue weighted by Gasteiger charge is 2.16. The van der Waals surface area contributed by atoms with Crippen LogP contribution in [0.4, 0.5) is 5.95 Å². The molecule has 0 spiro atoms. The van der Waals surface area contributed by atoms with Crippen molar-refractivity contribution in [2.45, 2.75) is 33.0 Å². The highest BCUT2D eigenvalue weighted by atomic mass is 79.9. The van der Waals surface area contributed by atoms with Crippen molar-refractivity contribution < 1.29 is 9.47 Å². The summed E-state index contributed by atoms with van der Waals surface area (Å²) in [6.07, 6.45) is 0.931. The lowest BCUT2D eigenvalue weighted by molar-refractivity contribution is 0.281. The van der Waals surface area contributed by atoms with Gasteiger partial charge in [-0.25, -0.2) is 4.68 Å². The number of ether oxygens (including phenoxy) is 2. The average molecular weight is 501 g/mol. The third kappa shape index (κ3) is 5.32. The van der Waals surface area contributed by atoms with Crippen molar-refractivity contribution in [3.05, 3.63) is 56.0 Å². The SMILES string of the molecule is CCCn1nnnc1NCc1c(Br)ccc(OC)c1OCc1ccc(Cl)c(Cl)c1. The molecule has 0 saturated carbocycles. The molecule has 0 amide bonds. The molecule has 2 aromatic carbocycles. The molecule has 3 aromatic rings. The molecule has 1 heterocycles. The molecule has 7 nitrogen and oxygen atoms in total. The number of benzene rings is 2. The Labute approximate surface area is 187 Å². The quantitative estimate of drug-likeness (QED) is 0.426. The highest BCUT2D eigenvalue weighted by molar-refractivity contribution is 9.10. The summed E-state index contributed by atoms with van der Waals surface area (Å²) in [7, 11) is 1.61. The fourth-order valence-electron chi connectivity index (χ4n) is 2.71. The number of tetrazole rings is 1. The van der Waals surface area contributed by atoms with Gasteiger partial charge in [0.1, 0.15) is 6.61 Å². The molecule has 1 N–H and O–H groups in total. The normalized spacial score (nSPS) is 10.8. The monoisotopic (exact) mass is 499 g/mol. The van der Waals surface area contributed by atoms with Crippen molar-refractivity contribution in [1.82, 2.24) is 20.2 Å². The predicted octanol–water partition coefficient (Wildman–Crippen LogP) is 5.35. The number of rotatable bonds is 9. The van der Waals surface area contributed by atoms with Gasteiger partial charge >= 0.3 is 0 Å². The molecule has 1 aromatic heterocycles. The minimum atomic E-state index is 0.310. The number of aryl methyl sites for hydroxylation is 1. The highest BCUT2D eigenvalue weighted by Crippen LogP contribution is 2.37. The summed E-state index contributed by atoms with van der Waals surface area (Å²) >= 11 is 15.7. The van der Waals surface area contributed by atoms with Crippen molar-refractivity contribution >= 4 is 45.1 Å². The Balaban J connectivity index is 1.82. The van der Waals surface area contributed by atoms with Gasteiger partial charge in [0, 0.05) is 23.1 Å². The number of anilines is 1. The first-order valence-corrected chi connectivity index (χ1v) is 10.5. The van der Waals surface area contributed by atoms with E-state index in [2.05, 4.69) is 43.7 Å². The minimum Gasteiger partial charge on any atom is -0.493 e. The van der Waals surface area contributed by atoms with Crippen LogP contribution in [0, 0.1) is 0 Å². The van der Waals surface area contributed by atoms with E-state index in [1.54, 1.807) is 23.9 Å². The van der Waals surface area contributed by atoms with Gasteiger partial charge in [-0.2, -0.15) is 0 Å². The number of methoxy groups -OCH3 is 1. The van der Waals surface area contributed by atoms with E-state index in [1.165, 1.54) is 0 Å². The van der Waals surface area contributed by atoms with E-state index < -0.39 is 0 Å². The van der Waals surface area contributed by atoms with Gasteiger partial charge in [0.15, 0.2) is 11.5 Å². The molecule has 0 fully saturated rings. The first kappa shape index (κ1) is 21.7. The molecule has 154 valence electrons. The zero-order chi connectivity index (χ0) is 20.8. The van der Waals surface area contributed by atoms with E-state index in [1.807, 2.05) is 18.2 Å². The topological polar surface area (TPSA) is 74.1 Å². The van der Waals surface area contributed by atoms with Crippen LogP contribution in [0.1, 0.15) is 24.5 Å². The van der Waals surface area contributed by atoms with Crippen molar-refractivity contribution in [3.8, 4) is 11.5 Å². The van der Waals surface area contributed by atoms with E-state index in [-0.39, 0.29) is 0 Å². The van der Waals surface area contributed by atoms with Crippen LogP contribution in [0.5, 0.6) is 11.5 Å². The number of nitrogens with one attached hydrogen (secondary N) is 1. The lowest BCUT2D eigenvalue weighted by atomic mass is 10.1. The first-order chi connectivity index (χ1) is 14.0. The summed E-state index contributed by atoms with van der Waals surface area (Å²) in [5.74, 6) is 1.84. The van der Waals surface area contributed by atoms with Crippen LogP contribution < -0.4 is 14.8 Å². The zero-order valence-electron chi connectivity index (χ0n) is 16.0. The molecule has 0 saturated heterocycles. The Morgan fingerprint density at radius 3 is 2.72 bits per heavy atom. The Kier molecular flexibility index (Phi) is 7.57. The molecule has 0 atom stereocenters. The van der Waals surface area contributed by atoms with Crippen molar-refractivity contribution in [2.75, 3.05) is 12.4 Å². The van der Waals surface area contributed by atoms with Crippen LogP contribution in [0.25, 0.3) is 0 Å². The van der Waals surface area contributed by atoms with Gasteiger partial charge in [-0.1, -0.05) is 57.2 Å². The third-order valence-corrected chi connectivity index (χ3v) is 5.63. The van der Waals surface area contributed by atoms with Crippen LogP contribution in [0.3, 0.4) is 0 Å². The molecule has 0 radical (unpaired) electrons. The van der Waals surface area contributed by atoms with Gasteiger partial charge in [0.25, 0.3) is 0 Å². The smallest absolute Gasteiger partial charge is 0.243 e. The van der Waals surface area contributed by atoms with E-state index in [0.717, 1.165) is 28.6 Å². The first-order valence-electron chi connectivity index (χ1n) is 8.95. The largest absolute Gasteiger partial charge is 0.493 e. The summed E-state index contributed by atoms with van der Waals surface area (Å²) < 4.78 is 14.2. The predicted molar refractivity (Wildman–Crippen MR) is 117 cm³/mol. The number of hydrogen-bond donors (Lipinski definition) is 1. The maximum Gasteiger partial charge on any atom is 0.243 e. The molecule has 0 aliphatic rings. The van der Waals surface area contributed by atoms with Crippen LogP contribution in [-0.4, -0.2) is 27.3 Å². The van der Waals surface area contributed by atoms with Gasteiger partial charge in [-0.05, 0) is 46.7 Å². The molecule has 0 bridgehead atoms. The van der Waals surface area contributed by atoms with Crippen LogP contribution in [0.2, 0.25) is 10.0 Å². The Bertz CT molecular complexity index is 983. The van der Waals surface area contributed by atoms with Crippen molar-refractivity contribution in [1.29, 1.82) is 0 Å². The number of hydrogen-bond acceptors (Lipinski definition) is 6. The standard InChI is InChI=1S/C19H20BrCl2N5O2/c1-3-8-27-19(24-25-26-27)23-10-13-14(20)5-7-17(28-2)18(13)29-11-12-4-6-15(21)16(22)9-12/h4-7,9H,3,8,10-11H2,1-2H3,(H,23,24,26). The van der Waals surface area contributed by atoms with Gasteiger partial charge < -0.3 is 14.8 Å². The van der Waals surface area contributed by atoms with Crippen molar-refractivity contribution in [2.24, 2.45) is 0 Å². The second-order valence-electron chi connectivity index (χ2n) is 6.17. The molecule has 0 aliphatic heterocycles. The molecule has 0 unspecified atom stereocenters. The molecular weight excluding hydrogens is 481 g/mol. The Hall–Kier alpha value is -2.03. The van der Waals surface area contributed by atoms with E-state index in [9.17, 15) is 0 Å². The third-order valence-electron chi connectivity index (χ3n) is 4.14. The van der Waals surface area contributed by atoms with Crippen LogP contribution >= 0.6 is 39.1 Å². The second-order valence-corrected chi connectivity index (χ2v) is 7.84. The zero-order valence-corrected chi connectivity index (χ0v) is 19.1. The summed E-state index contributed by atoms with van der Waals surface area (Å²) in [5.41, 5.74) is 1.78. The lowest BCUT2D eigenvalue weighted by Crippen LogP contribution is -2.11. The van der Waals surface area contributed by atoms with Crippen molar-refractivity contribution in [3.63, 3.8) is 0 Å². The number of halogens is 3.